The van der Waals surface area contributed by atoms with Gasteiger partial charge in [-0.1, -0.05) is 18.5 Å². The number of carbonyl (C=O) groups excluding carboxylic acids is 1. The summed E-state index contributed by atoms with van der Waals surface area (Å²) < 4.78 is 0. The van der Waals surface area contributed by atoms with Crippen molar-refractivity contribution >= 4 is 28.9 Å². The van der Waals surface area contributed by atoms with Crippen LogP contribution < -0.4 is 10.6 Å². The number of anilines is 1. The molecule has 2 N–H and O–H groups in total. The Kier molecular flexibility index (Phi) is 6.81. The van der Waals surface area contributed by atoms with E-state index in [1.165, 1.54) is 0 Å². The van der Waals surface area contributed by atoms with E-state index in [4.69, 9.17) is 11.6 Å². The fraction of sp³-hybridized carbons (Fsp3) is 0.333. The Morgan fingerprint density at radius 1 is 1.23 bits per heavy atom. The number of halogens is 1. The zero-order valence-electron chi connectivity index (χ0n) is 16.0. The molecule has 0 radical (unpaired) electrons. The highest BCUT2D eigenvalue weighted by molar-refractivity contribution is 6.31. The van der Waals surface area contributed by atoms with E-state index in [0.29, 0.717) is 17.1 Å². The summed E-state index contributed by atoms with van der Waals surface area (Å²) in [4.78, 5) is 16.7. The van der Waals surface area contributed by atoms with Crippen molar-refractivity contribution in [1.29, 1.82) is 0 Å². The van der Waals surface area contributed by atoms with Crippen LogP contribution in [-0.2, 0) is 4.79 Å². The average molecular weight is 372 g/mol. The third-order valence-corrected chi connectivity index (χ3v) is 4.76. The Morgan fingerprint density at radius 3 is 2.54 bits per heavy atom. The molecule has 1 heterocycles. The van der Waals surface area contributed by atoms with Crippen LogP contribution in [0.25, 0.3) is 16.7 Å². The van der Waals surface area contributed by atoms with E-state index in [-0.39, 0.29) is 5.91 Å². The minimum atomic E-state index is -0.0367. The van der Waals surface area contributed by atoms with Gasteiger partial charge in [0.05, 0.1) is 0 Å². The number of rotatable bonds is 6. The lowest BCUT2D eigenvalue weighted by molar-refractivity contribution is -0.117. The maximum Gasteiger partial charge on any atom is 0.247 e. The molecule has 138 valence electrons. The number of hydrogen-bond donors (Lipinski definition) is 2. The smallest absolute Gasteiger partial charge is 0.247 e. The Hall–Kier alpha value is -2.33. The van der Waals surface area contributed by atoms with E-state index in [1.54, 1.807) is 0 Å². The molecular weight excluding hydrogens is 346 g/mol. The number of amides is 1. The minimum absolute atomic E-state index is 0.0367. The van der Waals surface area contributed by atoms with Crippen molar-refractivity contribution in [2.24, 2.45) is 0 Å². The number of pyridine rings is 1. The van der Waals surface area contributed by atoms with Crippen LogP contribution in [0.2, 0.25) is 5.02 Å². The largest absolute Gasteiger partial charge is 0.373 e. The van der Waals surface area contributed by atoms with Crippen molar-refractivity contribution in [1.82, 2.24) is 10.3 Å². The fourth-order valence-electron chi connectivity index (χ4n) is 2.81. The van der Waals surface area contributed by atoms with Gasteiger partial charge in [-0.2, -0.15) is 0 Å². The molecular formula is C21H26ClN3O. The van der Waals surface area contributed by atoms with Gasteiger partial charge in [0, 0.05) is 35.9 Å². The summed E-state index contributed by atoms with van der Waals surface area (Å²) in [5.74, 6) is 0.776. The molecule has 4 nitrogen and oxygen atoms in total. The number of allylic oxidation sites excluding steroid dienone is 1. The van der Waals surface area contributed by atoms with E-state index < -0.39 is 0 Å². The third-order valence-electron chi connectivity index (χ3n) is 4.55. The Labute approximate surface area is 160 Å². The van der Waals surface area contributed by atoms with Gasteiger partial charge in [-0.15, -0.1) is 0 Å². The molecule has 1 aromatic heterocycles. The van der Waals surface area contributed by atoms with Crippen LogP contribution in [0.4, 0.5) is 5.82 Å². The summed E-state index contributed by atoms with van der Waals surface area (Å²) in [5.41, 5.74) is 5.70. The van der Waals surface area contributed by atoms with Gasteiger partial charge in [0.2, 0.25) is 5.91 Å². The van der Waals surface area contributed by atoms with Crippen LogP contribution >= 0.6 is 11.6 Å². The summed E-state index contributed by atoms with van der Waals surface area (Å²) >= 11 is 6.39. The third kappa shape index (κ3) is 4.44. The number of benzene rings is 1. The van der Waals surface area contributed by atoms with E-state index in [2.05, 4.69) is 15.6 Å². The fourth-order valence-corrected chi connectivity index (χ4v) is 3.03. The highest BCUT2D eigenvalue weighted by Gasteiger charge is 2.14. The molecule has 0 fully saturated rings. The second kappa shape index (κ2) is 8.86. The van der Waals surface area contributed by atoms with Crippen molar-refractivity contribution in [2.75, 3.05) is 18.9 Å². The molecule has 0 aliphatic rings. The quantitative estimate of drug-likeness (QED) is 0.697. The van der Waals surface area contributed by atoms with Crippen LogP contribution in [0.15, 0.2) is 36.0 Å². The lowest BCUT2D eigenvalue weighted by Crippen LogP contribution is -2.25. The maximum absolute atomic E-state index is 12.3. The van der Waals surface area contributed by atoms with Crippen molar-refractivity contribution in [3.8, 4) is 11.1 Å². The van der Waals surface area contributed by atoms with Crippen molar-refractivity contribution < 1.29 is 4.79 Å². The van der Waals surface area contributed by atoms with Crippen molar-refractivity contribution in [2.45, 2.75) is 34.1 Å². The van der Waals surface area contributed by atoms with E-state index >= 15 is 0 Å². The SMILES string of the molecule is CCCNC(=O)/C(C)=C(\C)c1cc(Cl)cc(-c2ccc(NC)nc2)c1C. The number of carbonyl (C=O) groups is 1. The number of hydrogen-bond acceptors (Lipinski definition) is 3. The predicted molar refractivity (Wildman–Crippen MR) is 111 cm³/mol. The molecule has 2 rings (SSSR count). The van der Waals surface area contributed by atoms with Gasteiger partial charge < -0.3 is 10.6 Å². The van der Waals surface area contributed by atoms with Gasteiger partial charge in [-0.25, -0.2) is 4.98 Å². The molecule has 5 heteroatoms. The second-order valence-corrected chi connectivity index (χ2v) is 6.75. The molecule has 1 amide bonds. The van der Waals surface area contributed by atoms with E-state index in [9.17, 15) is 4.79 Å². The Bertz CT molecular complexity index is 826. The number of aromatic nitrogens is 1. The van der Waals surface area contributed by atoms with Crippen molar-refractivity contribution in [3.63, 3.8) is 0 Å². The molecule has 0 aliphatic heterocycles. The molecule has 0 aliphatic carbocycles. The maximum atomic E-state index is 12.3. The van der Waals surface area contributed by atoms with Gasteiger partial charge in [0.25, 0.3) is 0 Å². The summed E-state index contributed by atoms with van der Waals surface area (Å²) in [6.07, 6.45) is 2.74. The van der Waals surface area contributed by atoms with Crippen LogP contribution in [0.1, 0.15) is 38.3 Å². The van der Waals surface area contributed by atoms with Crippen LogP contribution in [0, 0.1) is 6.92 Å². The zero-order chi connectivity index (χ0) is 19.3. The Morgan fingerprint density at radius 2 is 1.96 bits per heavy atom. The first kappa shape index (κ1) is 20.0. The Balaban J connectivity index is 2.50. The average Bonchev–Trinajstić information content (AvgIpc) is 2.66. The molecule has 0 saturated heterocycles. The zero-order valence-corrected chi connectivity index (χ0v) is 16.8. The first-order chi connectivity index (χ1) is 12.4. The lowest BCUT2D eigenvalue weighted by Gasteiger charge is -2.16. The highest BCUT2D eigenvalue weighted by Crippen LogP contribution is 2.33. The van der Waals surface area contributed by atoms with Gasteiger partial charge >= 0.3 is 0 Å². The predicted octanol–water partition coefficient (Wildman–Crippen LogP) is 5.07. The summed E-state index contributed by atoms with van der Waals surface area (Å²) in [6.45, 7) is 8.57. The lowest BCUT2D eigenvalue weighted by atomic mass is 9.91. The summed E-state index contributed by atoms with van der Waals surface area (Å²) in [6, 6.07) is 7.81. The van der Waals surface area contributed by atoms with Gasteiger partial charge in [-0.3, -0.25) is 4.79 Å². The molecule has 0 unspecified atom stereocenters. The topological polar surface area (TPSA) is 54.0 Å². The molecule has 2 aromatic rings. The molecule has 0 spiro atoms. The standard InChI is InChI=1S/C21H26ClN3O/c1-6-9-24-21(26)14(3)13(2)18-10-17(22)11-19(15(18)4)16-7-8-20(23-5)25-12-16/h7-8,10-12H,6,9H2,1-5H3,(H,23,25)(H,24,26)/b14-13+. The highest BCUT2D eigenvalue weighted by atomic mass is 35.5. The molecule has 1 aromatic carbocycles. The molecule has 0 bridgehead atoms. The van der Waals surface area contributed by atoms with Gasteiger partial charge in [0.1, 0.15) is 5.82 Å². The first-order valence-electron chi connectivity index (χ1n) is 8.79. The van der Waals surface area contributed by atoms with Crippen LogP contribution in [0.5, 0.6) is 0 Å². The monoisotopic (exact) mass is 371 g/mol. The first-order valence-corrected chi connectivity index (χ1v) is 9.17. The normalized spacial score (nSPS) is 11.8. The second-order valence-electron chi connectivity index (χ2n) is 6.31. The number of nitrogens with zero attached hydrogens (tertiary/aromatic N) is 1. The van der Waals surface area contributed by atoms with Gasteiger partial charge in [0.15, 0.2) is 0 Å². The summed E-state index contributed by atoms with van der Waals surface area (Å²) in [5, 5.41) is 6.58. The number of nitrogens with one attached hydrogen (secondary N) is 2. The minimum Gasteiger partial charge on any atom is -0.373 e. The van der Waals surface area contributed by atoms with Crippen molar-refractivity contribution in [3.05, 3.63) is 52.2 Å². The van der Waals surface area contributed by atoms with E-state index in [1.807, 2.05) is 65.2 Å². The molecule has 0 saturated carbocycles. The summed E-state index contributed by atoms with van der Waals surface area (Å²) in [7, 11) is 1.84. The van der Waals surface area contributed by atoms with Crippen LogP contribution in [0.3, 0.4) is 0 Å². The van der Waals surface area contributed by atoms with E-state index in [0.717, 1.165) is 40.1 Å². The van der Waals surface area contributed by atoms with Crippen LogP contribution in [-0.4, -0.2) is 24.5 Å². The van der Waals surface area contributed by atoms with Gasteiger partial charge in [-0.05, 0) is 73.7 Å². The molecule has 26 heavy (non-hydrogen) atoms. The molecule has 0 atom stereocenters.